The van der Waals surface area contributed by atoms with Gasteiger partial charge >= 0.3 is 0 Å². The molecule has 0 aliphatic carbocycles. The van der Waals surface area contributed by atoms with Crippen molar-refractivity contribution >= 4 is 22.4 Å². The summed E-state index contributed by atoms with van der Waals surface area (Å²) in [7, 11) is 3.60. The number of benzene rings is 1. The molecule has 0 radical (unpaired) electrons. The van der Waals surface area contributed by atoms with Crippen molar-refractivity contribution in [2.24, 2.45) is 7.05 Å². The number of hydrogen-bond acceptors (Lipinski definition) is 4. The molecule has 0 amide bonds. The van der Waals surface area contributed by atoms with Crippen LogP contribution in [0.15, 0.2) is 47.3 Å². The summed E-state index contributed by atoms with van der Waals surface area (Å²) in [6, 6.07) is 14.9. The Hall–Kier alpha value is -3.13. The molecule has 5 heteroatoms. The van der Waals surface area contributed by atoms with Crippen LogP contribution in [0.25, 0.3) is 11.0 Å². The van der Waals surface area contributed by atoms with E-state index in [0.717, 1.165) is 11.3 Å². The lowest BCUT2D eigenvalue weighted by Crippen LogP contribution is -2.21. The molecule has 1 aromatic carbocycles. The number of aryl methyl sites for hydroxylation is 2. The number of fused-ring (bicyclic) bond motifs is 1. The quantitative estimate of drug-likeness (QED) is 0.730. The lowest BCUT2D eigenvalue weighted by Gasteiger charge is -2.23. The summed E-state index contributed by atoms with van der Waals surface area (Å²) < 4.78 is 1.54. The number of nitrogens with zero attached hydrogens (tertiary/aromatic N) is 4. The van der Waals surface area contributed by atoms with Gasteiger partial charge in [-0.3, -0.25) is 4.79 Å². The molecule has 0 aliphatic heterocycles. The summed E-state index contributed by atoms with van der Waals surface area (Å²) in [5.74, 6) is 0. The largest absolute Gasteiger partial charge is 0.342 e. The highest BCUT2D eigenvalue weighted by Gasteiger charge is 2.15. The average molecular weight is 304 g/mol. The van der Waals surface area contributed by atoms with Gasteiger partial charge in [-0.2, -0.15) is 5.26 Å². The van der Waals surface area contributed by atoms with Crippen molar-refractivity contribution in [2.45, 2.75) is 6.92 Å². The molecule has 114 valence electrons. The first kappa shape index (κ1) is 14.8. The molecule has 3 rings (SSSR count). The monoisotopic (exact) mass is 304 g/mol. The zero-order chi connectivity index (χ0) is 16.6. The zero-order valence-corrected chi connectivity index (χ0v) is 13.2. The number of hydrogen-bond donors (Lipinski definition) is 0. The van der Waals surface area contributed by atoms with Crippen molar-refractivity contribution < 1.29 is 0 Å². The van der Waals surface area contributed by atoms with Gasteiger partial charge in [0.15, 0.2) is 0 Å². The third-order valence-electron chi connectivity index (χ3n) is 4.02. The number of rotatable bonds is 2. The first-order valence-corrected chi connectivity index (χ1v) is 7.23. The Morgan fingerprint density at radius 2 is 1.91 bits per heavy atom. The molecule has 23 heavy (non-hydrogen) atoms. The highest BCUT2D eigenvalue weighted by Crippen LogP contribution is 2.30. The van der Waals surface area contributed by atoms with Crippen molar-refractivity contribution in [1.82, 2.24) is 9.55 Å². The molecule has 0 fully saturated rings. The summed E-state index contributed by atoms with van der Waals surface area (Å²) >= 11 is 0. The molecule has 5 nitrogen and oxygen atoms in total. The number of pyridine rings is 2. The number of anilines is 2. The predicted molar refractivity (Wildman–Crippen MR) is 90.9 cm³/mol. The van der Waals surface area contributed by atoms with E-state index in [1.165, 1.54) is 0 Å². The fraction of sp³-hybridized carbons (Fsp3) is 0.167. The van der Waals surface area contributed by atoms with Crippen LogP contribution < -0.4 is 10.5 Å². The van der Waals surface area contributed by atoms with Gasteiger partial charge < -0.3 is 9.47 Å². The number of aromatic nitrogens is 2. The first-order chi connectivity index (χ1) is 11.0. The number of para-hydroxylation sites is 1. The summed E-state index contributed by atoms with van der Waals surface area (Å²) in [4.78, 5) is 18.6. The zero-order valence-electron chi connectivity index (χ0n) is 13.2. The molecule has 0 spiro atoms. The lowest BCUT2D eigenvalue weighted by atomic mass is 10.1. The van der Waals surface area contributed by atoms with Crippen LogP contribution in [0.3, 0.4) is 0 Å². The molecule has 2 heterocycles. The van der Waals surface area contributed by atoms with Crippen LogP contribution in [0.2, 0.25) is 0 Å². The van der Waals surface area contributed by atoms with Crippen molar-refractivity contribution in [3.05, 3.63) is 64.1 Å². The maximum Gasteiger partial charge on any atom is 0.252 e. The van der Waals surface area contributed by atoms with E-state index < -0.39 is 0 Å². The molecule has 0 N–H and O–H groups in total. The second-order valence-electron chi connectivity index (χ2n) is 5.45. The molecule has 0 bridgehead atoms. The van der Waals surface area contributed by atoms with E-state index >= 15 is 0 Å². The molecule has 0 saturated carbocycles. The van der Waals surface area contributed by atoms with E-state index in [-0.39, 0.29) is 5.56 Å². The topological polar surface area (TPSA) is 61.9 Å². The molecule has 0 saturated heterocycles. The van der Waals surface area contributed by atoms with E-state index in [4.69, 9.17) is 5.26 Å². The fourth-order valence-corrected chi connectivity index (χ4v) is 2.70. The molecule has 3 aromatic rings. The summed E-state index contributed by atoms with van der Waals surface area (Å²) in [5, 5.41) is 9.12. The Labute approximate surface area is 134 Å². The molecule has 0 atom stereocenters. The normalized spacial score (nSPS) is 10.5. The maximum absolute atomic E-state index is 12.3. The van der Waals surface area contributed by atoms with Gasteiger partial charge in [-0.15, -0.1) is 0 Å². The maximum atomic E-state index is 12.3. The Kier molecular flexibility index (Phi) is 3.59. The minimum absolute atomic E-state index is 0.112. The highest BCUT2D eigenvalue weighted by molar-refractivity contribution is 5.91. The molecule has 0 aliphatic rings. The first-order valence-electron chi connectivity index (χ1n) is 7.23. The average Bonchev–Trinajstić information content (AvgIpc) is 2.57. The second-order valence-corrected chi connectivity index (χ2v) is 5.45. The van der Waals surface area contributed by atoms with Gasteiger partial charge in [-0.1, -0.05) is 18.2 Å². The SMILES string of the molecule is Cc1ccccc1N(C)c1cc(=O)n(C)c2ccc(C#N)nc12. The second kappa shape index (κ2) is 5.58. The third-order valence-corrected chi connectivity index (χ3v) is 4.02. The Balaban J connectivity index is 2.33. The van der Waals surface area contributed by atoms with Crippen LogP contribution in [0.4, 0.5) is 11.4 Å². The van der Waals surface area contributed by atoms with Crippen molar-refractivity contribution in [2.75, 3.05) is 11.9 Å². The highest BCUT2D eigenvalue weighted by atomic mass is 16.1. The van der Waals surface area contributed by atoms with Gasteiger partial charge in [-0.05, 0) is 30.7 Å². The Morgan fingerprint density at radius 1 is 1.17 bits per heavy atom. The Bertz CT molecular complexity index is 998. The smallest absolute Gasteiger partial charge is 0.252 e. The van der Waals surface area contributed by atoms with Gasteiger partial charge in [-0.25, -0.2) is 4.98 Å². The van der Waals surface area contributed by atoms with Gasteiger partial charge in [0.25, 0.3) is 5.56 Å². The van der Waals surface area contributed by atoms with E-state index in [0.29, 0.717) is 22.4 Å². The molecule has 2 aromatic heterocycles. The van der Waals surface area contributed by atoms with E-state index in [1.54, 1.807) is 29.8 Å². The minimum Gasteiger partial charge on any atom is -0.342 e. The van der Waals surface area contributed by atoms with Crippen molar-refractivity contribution in [3.8, 4) is 6.07 Å². The van der Waals surface area contributed by atoms with Gasteiger partial charge in [0.2, 0.25) is 0 Å². The summed E-state index contributed by atoms with van der Waals surface area (Å²) in [6.45, 7) is 2.02. The molecular formula is C18H16N4O. The summed E-state index contributed by atoms with van der Waals surface area (Å²) in [6.07, 6.45) is 0. The minimum atomic E-state index is -0.112. The van der Waals surface area contributed by atoms with Crippen molar-refractivity contribution in [3.63, 3.8) is 0 Å². The summed E-state index contributed by atoms with van der Waals surface area (Å²) in [5.41, 5.74) is 4.33. The molecule has 0 unspecified atom stereocenters. The standard InChI is InChI=1S/C18H16N4O/c1-12-6-4-5-7-14(12)21(2)16-10-17(23)22(3)15-9-8-13(11-19)20-18(15)16/h4-10H,1-3H3. The van der Waals surface area contributed by atoms with Gasteiger partial charge in [0.05, 0.1) is 11.2 Å². The van der Waals surface area contributed by atoms with E-state index in [1.807, 2.05) is 43.1 Å². The van der Waals surface area contributed by atoms with Crippen LogP contribution in [0.1, 0.15) is 11.3 Å². The third kappa shape index (κ3) is 2.44. The van der Waals surface area contributed by atoms with Crippen LogP contribution in [-0.2, 0) is 7.05 Å². The predicted octanol–water partition coefficient (Wildman–Crippen LogP) is 2.88. The Morgan fingerprint density at radius 3 is 2.61 bits per heavy atom. The van der Waals surface area contributed by atoms with Gasteiger partial charge in [0.1, 0.15) is 17.3 Å². The van der Waals surface area contributed by atoms with E-state index in [2.05, 4.69) is 11.1 Å². The number of nitriles is 1. The van der Waals surface area contributed by atoms with E-state index in [9.17, 15) is 4.79 Å². The van der Waals surface area contributed by atoms with Crippen LogP contribution in [0, 0.1) is 18.3 Å². The fourth-order valence-electron chi connectivity index (χ4n) is 2.70. The molecular weight excluding hydrogens is 288 g/mol. The lowest BCUT2D eigenvalue weighted by molar-refractivity contribution is 0.900. The van der Waals surface area contributed by atoms with Crippen molar-refractivity contribution in [1.29, 1.82) is 5.26 Å². The van der Waals surface area contributed by atoms with Crippen LogP contribution in [0.5, 0.6) is 0 Å². The van der Waals surface area contributed by atoms with Crippen LogP contribution in [-0.4, -0.2) is 16.6 Å². The van der Waals surface area contributed by atoms with Crippen LogP contribution >= 0.6 is 0 Å². The van der Waals surface area contributed by atoms with Gasteiger partial charge in [0, 0.05) is 25.8 Å².